The number of carbonyl (C=O) groups is 1. The van der Waals surface area contributed by atoms with E-state index in [9.17, 15) is 4.79 Å². The number of benzene rings is 2. The van der Waals surface area contributed by atoms with Crippen LogP contribution in [0, 0.1) is 0 Å². The molecule has 0 bridgehead atoms. The van der Waals surface area contributed by atoms with Crippen LogP contribution in [0.2, 0.25) is 0 Å². The molecule has 29 heavy (non-hydrogen) atoms. The number of carboxylic acid groups (broad SMARTS) is 1. The number of thiocarbonyl (C=S) groups is 1. The monoisotopic (exact) mass is 419 g/mol. The van der Waals surface area contributed by atoms with Gasteiger partial charge in [0.2, 0.25) is 6.04 Å². The van der Waals surface area contributed by atoms with Gasteiger partial charge in [-0.05, 0) is 24.6 Å². The maximum atomic E-state index is 10.3. The van der Waals surface area contributed by atoms with Gasteiger partial charge in [-0.2, -0.15) is 0 Å². The summed E-state index contributed by atoms with van der Waals surface area (Å²) in [6, 6.07) is 15.1. The molecule has 0 spiro atoms. The summed E-state index contributed by atoms with van der Waals surface area (Å²) in [7, 11) is 0. The van der Waals surface area contributed by atoms with E-state index >= 15 is 0 Å². The zero-order valence-electron chi connectivity index (χ0n) is 22.1. The lowest BCUT2D eigenvalue weighted by Crippen LogP contribution is -2.40. The normalized spacial score (nSPS) is 20.3. The van der Waals surface area contributed by atoms with E-state index < -0.39 is 31.4 Å². The number of aromatic carboxylic acids is 1. The Bertz CT molecular complexity index is 1050. The Balaban J connectivity index is 0.000000360. The van der Waals surface area contributed by atoms with Crippen LogP contribution in [0.1, 0.15) is 63.7 Å². The average Bonchev–Trinajstić information content (AvgIpc) is 3.21. The maximum Gasteiger partial charge on any atom is 0.339 e. The lowest BCUT2D eigenvalue weighted by Gasteiger charge is -2.18. The molecule has 0 saturated carbocycles. The number of nitrogens with one attached hydrogen (secondary N) is 1. The second-order valence-corrected chi connectivity index (χ2v) is 7.10. The van der Waals surface area contributed by atoms with E-state index in [0.717, 1.165) is 5.56 Å². The largest absolute Gasteiger partial charge is 0.507 e. The molecule has 2 atom stereocenters. The Morgan fingerprint density at radius 2 is 1.86 bits per heavy atom. The highest BCUT2D eigenvalue weighted by Crippen LogP contribution is 2.17. The summed E-state index contributed by atoms with van der Waals surface area (Å²) in [6.45, 7) is -2.99. The topological polar surface area (TPSA) is 72.6 Å². The van der Waals surface area contributed by atoms with E-state index in [1.54, 1.807) is 12.1 Å². The smallest absolute Gasteiger partial charge is 0.339 e. The Morgan fingerprint density at radius 1 is 1.21 bits per heavy atom. The van der Waals surface area contributed by atoms with Crippen molar-refractivity contribution >= 4 is 28.9 Å². The third-order valence-corrected chi connectivity index (χ3v) is 5.03. The van der Waals surface area contributed by atoms with Gasteiger partial charge in [0.1, 0.15) is 28.6 Å². The van der Waals surface area contributed by atoms with Gasteiger partial charge in [-0.25, -0.2) is 9.37 Å². The summed E-state index contributed by atoms with van der Waals surface area (Å²) < 4.78 is 47.4. The molecule has 1 saturated heterocycles. The molecule has 0 aliphatic carbocycles. The van der Waals surface area contributed by atoms with Crippen molar-refractivity contribution in [2.45, 2.75) is 45.6 Å². The standard InChI is InChI=1S/C16H22N2S.C7H6O3/c1-12(2)18-11-7-10-15(18)16(19)17-13(3)14-8-5-4-6-9-14;8-6-4-2-1-3-5(6)7(9)10/h4-6,8-9,13,15H,7,10-11H2,1-3H3;1-4,8H,(H,9,10)/p+1/t13-,15+;/m1./s1/i1D3,2D3;. The van der Waals surface area contributed by atoms with Crippen LogP contribution in [0.5, 0.6) is 5.75 Å². The van der Waals surface area contributed by atoms with Crippen molar-refractivity contribution < 1.29 is 27.8 Å². The first-order valence-electron chi connectivity index (χ1n) is 12.2. The van der Waals surface area contributed by atoms with Crippen molar-refractivity contribution in [3.05, 3.63) is 65.7 Å². The minimum Gasteiger partial charge on any atom is -0.507 e. The van der Waals surface area contributed by atoms with Crippen LogP contribution in [0.4, 0.5) is 0 Å². The number of rotatable bonds is 4. The molecular weight excluding hydrogens is 384 g/mol. The summed E-state index contributed by atoms with van der Waals surface area (Å²) in [5.74, 6) is -1.31. The molecule has 5 nitrogen and oxygen atoms in total. The third kappa shape index (κ3) is 6.39. The van der Waals surface area contributed by atoms with Crippen LogP contribution in [0.3, 0.4) is 0 Å². The molecule has 0 radical (unpaired) electrons. The highest BCUT2D eigenvalue weighted by molar-refractivity contribution is 7.80. The second kappa shape index (κ2) is 10.7. The van der Waals surface area contributed by atoms with Crippen LogP contribution in [0.25, 0.3) is 0 Å². The molecule has 1 aliphatic heterocycles. The number of para-hydroxylation sites is 1. The van der Waals surface area contributed by atoms with Crippen LogP contribution < -0.4 is 5.32 Å². The van der Waals surface area contributed by atoms with Gasteiger partial charge >= 0.3 is 5.97 Å². The average molecular weight is 420 g/mol. The number of phenols is 1. The molecule has 2 aromatic carbocycles. The van der Waals surface area contributed by atoms with Crippen LogP contribution in [0.15, 0.2) is 54.6 Å². The lowest BCUT2D eigenvalue weighted by atomic mass is 10.1. The van der Waals surface area contributed by atoms with E-state index in [1.807, 2.05) is 37.3 Å². The number of hydrogen-bond acceptors (Lipinski definition) is 3. The molecule has 0 amide bonds. The molecule has 6 heteroatoms. The Morgan fingerprint density at radius 3 is 2.45 bits per heavy atom. The molecule has 3 N–H and O–H groups in total. The maximum absolute atomic E-state index is 10.3. The molecule has 1 fully saturated rings. The lowest BCUT2D eigenvalue weighted by molar-refractivity contribution is -0.527. The first-order chi connectivity index (χ1) is 16.2. The molecule has 3 rings (SSSR count). The Hall–Kier alpha value is -2.73. The van der Waals surface area contributed by atoms with E-state index in [1.165, 1.54) is 16.7 Å². The molecular formula is C23H29N2O3S+. The zero-order chi connectivity index (χ0) is 26.4. The van der Waals surface area contributed by atoms with E-state index in [-0.39, 0.29) is 17.4 Å². The number of nitrogens with zero attached hydrogens (tertiary/aromatic N) is 1. The summed E-state index contributed by atoms with van der Waals surface area (Å²) in [5, 5.41) is 20.5. The molecule has 0 unspecified atom stereocenters. The van der Waals surface area contributed by atoms with Crippen LogP contribution in [-0.4, -0.2) is 44.0 Å². The molecule has 0 aromatic heterocycles. The fraction of sp³-hybridized carbons (Fsp3) is 0.348. The number of aromatic hydroxyl groups is 1. The number of hydrogen-bond donors (Lipinski definition) is 3. The van der Waals surface area contributed by atoms with Crippen molar-refractivity contribution in [1.29, 1.82) is 0 Å². The van der Waals surface area contributed by atoms with Crippen molar-refractivity contribution in [2.75, 3.05) is 6.54 Å². The predicted octanol–water partition coefficient (Wildman–Crippen LogP) is 4.41. The highest BCUT2D eigenvalue weighted by atomic mass is 32.1. The minimum absolute atomic E-state index is 0.0416. The summed E-state index contributed by atoms with van der Waals surface area (Å²) >= 11 is 5.50. The van der Waals surface area contributed by atoms with E-state index in [4.69, 9.17) is 30.7 Å². The van der Waals surface area contributed by atoms with Crippen molar-refractivity contribution in [2.24, 2.45) is 0 Å². The van der Waals surface area contributed by atoms with E-state index in [2.05, 4.69) is 5.32 Å². The van der Waals surface area contributed by atoms with Gasteiger partial charge in [0.25, 0.3) is 0 Å². The predicted molar refractivity (Wildman–Crippen MR) is 120 cm³/mol. The van der Waals surface area contributed by atoms with Gasteiger partial charge in [-0.15, -0.1) is 0 Å². The van der Waals surface area contributed by atoms with Gasteiger partial charge in [0.15, 0.2) is 0 Å². The fourth-order valence-electron chi connectivity index (χ4n) is 3.10. The first-order valence-corrected chi connectivity index (χ1v) is 9.65. The number of carboxylic acids is 1. The third-order valence-electron chi connectivity index (χ3n) is 4.64. The van der Waals surface area contributed by atoms with Crippen molar-refractivity contribution in [1.82, 2.24) is 5.32 Å². The Kier molecular flexibility index (Phi) is 5.60. The summed E-state index contributed by atoms with van der Waals surface area (Å²) in [5.41, 5.74) is 0.506. The van der Waals surface area contributed by atoms with Gasteiger partial charge in [-0.1, -0.05) is 54.7 Å². The van der Waals surface area contributed by atoms with Crippen molar-refractivity contribution in [3.8, 4) is 5.75 Å². The summed E-state index contributed by atoms with van der Waals surface area (Å²) in [6.07, 6.45) is 1.35. The Labute approximate surface area is 186 Å². The van der Waals surface area contributed by atoms with Crippen LogP contribution in [-0.2, 0) is 0 Å². The van der Waals surface area contributed by atoms with Gasteiger partial charge in [-0.3, -0.25) is 0 Å². The first kappa shape index (κ1) is 15.2. The molecule has 1 aliphatic rings. The van der Waals surface area contributed by atoms with Gasteiger partial charge in [0, 0.05) is 40.8 Å². The molecule has 1 heterocycles. The highest BCUT2D eigenvalue weighted by Gasteiger charge is 2.32. The van der Waals surface area contributed by atoms with E-state index in [0.29, 0.717) is 24.4 Å². The van der Waals surface area contributed by atoms with Gasteiger partial charge < -0.3 is 15.5 Å². The van der Waals surface area contributed by atoms with Crippen LogP contribution >= 0.6 is 12.2 Å². The van der Waals surface area contributed by atoms with Gasteiger partial charge in [0.05, 0.1) is 0 Å². The summed E-state index contributed by atoms with van der Waals surface area (Å²) in [4.78, 5) is 10.7. The SMILES string of the molecule is O=C(O)c1ccccc1O.[2H]C([2H])([2H])C(=[N+]1CCC[C@H]1C(=S)N[C@H](C)c1ccccc1)C([2H])([2H])[2H]. The zero-order valence-corrected chi connectivity index (χ0v) is 16.9. The molecule has 154 valence electrons. The quantitative estimate of drug-likeness (QED) is 0.506. The van der Waals surface area contributed by atoms with Crippen molar-refractivity contribution in [3.63, 3.8) is 0 Å². The molecule has 2 aromatic rings. The minimum atomic E-state index is -2.67. The fourth-order valence-corrected chi connectivity index (χ4v) is 3.52. The second-order valence-electron chi connectivity index (χ2n) is 6.66.